The van der Waals surface area contributed by atoms with Crippen molar-refractivity contribution in [3.63, 3.8) is 0 Å². The summed E-state index contributed by atoms with van der Waals surface area (Å²) < 4.78 is 3.87. The lowest BCUT2D eigenvalue weighted by molar-refractivity contribution is 0.0965. The van der Waals surface area contributed by atoms with Gasteiger partial charge in [0.2, 0.25) is 0 Å². The number of aliphatic hydroxyl groups excluding tert-OH is 1. The number of aryl methyl sites for hydroxylation is 1. The number of piperidine rings is 1. The minimum absolute atomic E-state index is 0.0427. The molecular weight excluding hydrogens is 428 g/mol. The number of aromatic nitrogens is 4. The molecule has 3 aromatic heterocycles. The number of anilines is 1. The Bertz CT molecular complexity index is 1350. The summed E-state index contributed by atoms with van der Waals surface area (Å²) in [6, 6.07) is 10.3. The van der Waals surface area contributed by atoms with E-state index in [9.17, 15) is 4.79 Å². The topological polar surface area (TPSA) is 88.2 Å². The van der Waals surface area contributed by atoms with E-state index in [1.54, 1.807) is 0 Å². The SMILES string of the molecule is CO.C[C@H]1CCCN(c2ccn(-c3ccc(-c4ccnc5c4ccn5C)c4c3C(=O)NC4)n2)C1. The fraction of sp³-hybridized carbons (Fsp3) is 0.346. The fourth-order valence-electron chi connectivity index (χ4n) is 5.19. The average Bonchev–Trinajstić information content (AvgIpc) is 3.60. The summed E-state index contributed by atoms with van der Waals surface area (Å²) in [6.45, 7) is 4.88. The van der Waals surface area contributed by atoms with Crippen LogP contribution in [0.3, 0.4) is 0 Å². The number of nitrogens with zero attached hydrogens (tertiary/aromatic N) is 5. The maximum atomic E-state index is 12.9. The Hall–Kier alpha value is -3.65. The van der Waals surface area contributed by atoms with E-state index in [2.05, 4.69) is 40.3 Å². The second-order valence-corrected chi connectivity index (χ2v) is 9.00. The summed E-state index contributed by atoms with van der Waals surface area (Å²) in [4.78, 5) is 19.7. The summed E-state index contributed by atoms with van der Waals surface area (Å²) >= 11 is 0. The lowest BCUT2D eigenvalue weighted by Crippen LogP contribution is -2.34. The molecule has 4 aromatic rings. The maximum absolute atomic E-state index is 12.9. The molecule has 5 heterocycles. The van der Waals surface area contributed by atoms with Crippen molar-refractivity contribution in [2.75, 3.05) is 25.1 Å². The molecule has 0 unspecified atom stereocenters. The highest BCUT2D eigenvalue weighted by molar-refractivity contribution is 6.05. The van der Waals surface area contributed by atoms with Crippen LogP contribution in [0.2, 0.25) is 0 Å². The molecule has 8 nitrogen and oxygen atoms in total. The zero-order valence-corrected chi connectivity index (χ0v) is 19.8. The van der Waals surface area contributed by atoms with Gasteiger partial charge in [-0.05, 0) is 53.6 Å². The second-order valence-electron chi connectivity index (χ2n) is 9.00. The first-order valence-corrected chi connectivity index (χ1v) is 11.7. The van der Waals surface area contributed by atoms with Crippen LogP contribution in [-0.2, 0) is 13.6 Å². The molecule has 1 amide bonds. The van der Waals surface area contributed by atoms with Crippen molar-refractivity contribution in [3.05, 3.63) is 60.0 Å². The quantitative estimate of drug-likeness (QED) is 0.491. The molecular formula is C26H30N6O2. The molecule has 1 fully saturated rings. The molecule has 1 atom stereocenters. The minimum Gasteiger partial charge on any atom is -0.400 e. The number of aliphatic hydroxyl groups is 1. The van der Waals surface area contributed by atoms with E-state index in [1.165, 1.54) is 12.8 Å². The monoisotopic (exact) mass is 458 g/mol. The van der Waals surface area contributed by atoms with Crippen molar-refractivity contribution >= 4 is 22.8 Å². The number of amides is 1. The van der Waals surface area contributed by atoms with Gasteiger partial charge in [0.15, 0.2) is 5.82 Å². The number of fused-ring (bicyclic) bond motifs is 2. The summed E-state index contributed by atoms with van der Waals surface area (Å²) in [5.74, 6) is 1.62. The molecule has 0 aliphatic carbocycles. The van der Waals surface area contributed by atoms with Gasteiger partial charge in [0.05, 0.1) is 11.3 Å². The fourth-order valence-corrected chi connectivity index (χ4v) is 5.19. The van der Waals surface area contributed by atoms with Crippen molar-refractivity contribution in [1.29, 1.82) is 0 Å². The zero-order chi connectivity index (χ0) is 23.8. The number of carbonyl (C=O) groups excluding carboxylic acids is 1. The number of hydrogen-bond acceptors (Lipinski definition) is 5. The molecule has 0 radical (unpaired) electrons. The predicted molar refractivity (Wildman–Crippen MR) is 133 cm³/mol. The second kappa shape index (κ2) is 8.95. The number of carbonyl (C=O) groups is 1. The van der Waals surface area contributed by atoms with Crippen molar-refractivity contribution in [2.24, 2.45) is 13.0 Å². The van der Waals surface area contributed by atoms with Crippen LogP contribution >= 0.6 is 0 Å². The molecule has 6 rings (SSSR count). The van der Waals surface area contributed by atoms with Gasteiger partial charge < -0.3 is 19.9 Å². The molecule has 1 aromatic carbocycles. The van der Waals surface area contributed by atoms with Gasteiger partial charge >= 0.3 is 0 Å². The molecule has 8 heteroatoms. The maximum Gasteiger partial charge on any atom is 0.254 e. The van der Waals surface area contributed by atoms with Crippen LogP contribution in [0.15, 0.2) is 48.9 Å². The van der Waals surface area contributed by atoms with Crippen molar-refractivity contribution in [1.82, 2.24) is 24.6 Å². The minimum atomic E-state index is -0.0427. The van der Waals surface area contributed by atoms with E-state index in [0.717, 1.165) is 59.4 Å². The van der Waals surface area contributed by atoms with Crippen LogP contribution in [0.25, 0.3) is 27.8 Å². The van der Waals surface area contributed by atoms with Gasteiger partial charge in [0.1, 0.15) is 5.65 Å². The Morgan fingerprint density at radius 2 is 1.94 bits per heavy atom. The Morgan fingerprint density at radius 3 is 2.76 bits per heavy atom. The summed E-state index contributed by atoms with van der Waals surface area (Å²) in [7, 11) is 3.00. The van der Waals surface area contributed by atoms with E-state index in [4.69, 9.17) is 10.2 Å². The summed E-state index contributed by atoms with van der Waals surface area (Å²) in [6.07, 6.45) is 8.29. The van der Waals surface area contributed by atoms with Crippen LogP contribution in [-0.4, -0.2) is 50.5 Å². The Labute approximate surface area is 198 Å². The van der Waals surface area contributed by atoms with E-state index in [-0.39, 0.29) is 5.91 Å². The van der Waals surface area contributed by atoms with Gasteiger partial charge in [-0.1, -0.05) is 13.0 Å². The van der Waals surface area contributed by atoms with E-state index in [1.807, 2.05) is 47.0 Å². The first kappa shape index (κ1) is 22.2. The molecule has 2 aliphatic heterocycles. The number of nitrogens with one attached hydrogen (secondary N) is 1. The Kier molecular flexibility index (Phi) is 5.83. The standard InChI is InChI=1S/C25H26N6O.CH4O/c1-16-4-3-11-30(15-16)22-9-13-31(28-22)21-6-5-17(20-14-27-25(32)23(20)21)18-7-10-26-24-19(18)8-12-29(24)2;1-2/h5-10,12-13,16H,3-4,11,14-15H2,1-2H3,(H,27,32);2H,1H3/t16-;/m0./s1. The molecule has 0 spiro atoms. The van der Waals surface area contributed by atoms with Crippen LogP contribution < -0.4 is 10.2 Å². The number of hydrogen-bond donors (Lipinski definition) is 2. The Balaban J connectivity index is 0.00000117. The first-order chi connectivity index (χ1) is 16.6. The molecule has 0 bridgehead atoms. The third kappa shape index (κ3) is 3.64. The molecule has 2 aliphatic rings. The van der Waals surface area contributed by atoms with Gasteiger partial charge in [0.25, 0.3) is 5.91 Å². The van der Waals surface area contributed by atoms with Gasteiger partial charge in [-0.15, -0.1) is 0 Å². The Morgan fingerprint density at radius 1 is 1.09 bits per heavy atom. The third-order valence-corrected chi connectivity index (χ3v) is 6.80. The van der Waals surface area contributed by atoms with Crippen LogP contribution in [0.5, 0.6) is 0 Å². The molecule has 0 saturated carbocycles. The zero-order valence-electron chi connectivity index (χ0n) is 19.8. The third-order valence-electron chi connectivity index (χ3n) is 6.80. The van der Waals surface area contributed by atoms with Crippen molar-refractivity contribution in [2.45, 2.75) is 26.3 Å². The molecule has 34 heavy (non-hydrogen) atoms. The van der Waals surface area contributed by atoms with Gasteiger partial charge in [-0.25, -0.2) is 9.67 Å². The number of benzene rings is 1. The van der Waals surface area contributed by atoms with Crippen LogP contribution in [0.4, 0.5) is 5.82 Å². The number of pyridine rings is 1. The first-order valence-electron chi connectivity index (χ1n) is 11.7. The van der Waals surface area contributed by atoms with Gasteiger partial charge in [0, 0.05) is 63.8 Å². The lowest BCUT2D eigenvalue weighted by atomic mass is 9.94. The van der Waals surface area contributed by atoms with Crippen molar-refractivity contribution < 1.29 is 9.90 Å². The molecule has 176 valence electrons. The van der Waals surface area contributed by atoms with Crippen LogP contribution in [0.1, 0.15) is 35.7 Å². The largest absolute Gasteiger partial charge is 0.400 e. The summed E-state index contributed by atoms with van der Waals surface area (Å²) in [5, 5.41) is 16.0. The highest BCUT2D eigenvalue weighted by atomic mass is 16.2. The summed E-state index contributed by atoms with van der Waals surface area (Å²) in [5.41, 5.74) is 5.66. The molecule has 2 N–H and O–H groups in total. The van der Waals surface area contributed by atoms with Crippen molar-refractivity contribution in [3.8, 4) is 16.8 Å². The molecule has 1 saturated heterocycles. The van der Waals surface area contributed by atoms with E-state index < -0.39 is 0 Å². The van der Waals surface area contributed by atoms with Gasteiger partial charge in [-0.3, -0.25) is 4.79 Å². The lowest BCUT2D eigenvalue weighted by Gasteiger charge is -2.30. The number of rotatable bonds is 3. The van der Waals surface area contributed by atoms with Gasteiger partial charge in [-0.2, -0.15) is 5.10 Å². The normalized spacial score (nSPS) is 17.4. The highest BCUT2D eigenvalue weighted by Gasteiger charge is 2.28. The van der Waals surface area contributed by atoms with E-state index in [0.29, 0.717) is 18.0 Å². The van der Waals surface area contributed by atoms with E-state index >= 15 is 0 Å². The predicted octanol–water partition coefficient (Wildman–Crippen LogP) is 3.51. The van der Waals surface area contributed by atoms with Crippen LogP contribution in [0, 0.1) is 5.92 Å². The smallest absolute Gasteiger partial charge is 0.254 e. The average molecular weight is 459 g/mol. The highest BCUT2D eigenvalue weighted by Crippen LogP contribution is 2.36.